The van der Waals surface area contributed by atoms with Crippen LogP contribution in [0.5, 0.6) is 0 Å². The fourth-order valence-corrected chi connectivity index (χ4v) is 0.177. The van der Waals surface area contributed by atoms with E-state index in [1.807, 2.05) is 6.92 Å². The van der Waals surface area contributed by atoms with E-state index in [0.717, 1.165) is 0 Å². The molecule has 0 saturated heterocycles. The van der Waals surface area contributed by atoms with Gasteiger partial charge < -0.3 is 10.2 Å². The van der Waals surface area contributed by atoms with Gasteiger partial charge in [-0.25, -0.2) is 4.79 Å². The summed E-state index contributed by atoms with van der Waals surface area (Å²) in [6.45, 7) is 1.85. The van der Waals surface area contributed by atoms with Crippen LogP contribution in [0.3, 0.4) is 0 Å². The van der Waals surface area contributed by atoms with Gasteiger partial charge in [-0.05, 0) is 25.2 Å². The molecule has 0 atom stereocenters. The Kier molecular flexibility index (Phi) is 12.0. The highest BCUT2D eigenvalue weighted by atomic mass is 32.1. The summed E-state index contributed by atoms with van der Waals surface area (Å²) < 4.78 is 0. The van der Waals surface area contributed by atoms with Crippen LogP contribution in [0.2, 0.25) is 0 Å². The Morgan fingerprint density at radius 2 is 2.00 bits per heavy atom. The lowest BCUT2D eigenvalue weighted by molar-refractivity contribution is 0.137. The molecule has 0 aliphatic heterocycles. The summed E-state index contributed by atoms with van der Waals surface area (Å²) in [7, 11) is 0. The van der Waals surface area contributed by atoms with Crippen molar-refractivity contribution in [2.45, 2.75) is 6.92 Å². The molecule has 0 unspecified atom stereocenters. The highest BCUT2D eigenvalue weighted by Crippen LogP contribution is 1.48. The molecule has 9 heavy (non-hydrogen) atoms. The van der Waals surface area contributed by atoms with Crippen molar-refractivity contribution in [2.24, 2.45) is 0 Å². The third kappa shape index (κ3) is 198. The molecule has 0 aliphatic rings. The van der Waals surface area contributed by atoms with Crippen molar-refractivity contribution >= 4 is 23.4 Å². The molecule has 3 nitrogen and oxygen atoms in total. The molecule has 0 rings (SSSR count). The Bertz CT molecular complexity index is 148. The van der Waals surface area contributed by atoms with E-state index in [0.29, 0.717) is 0 Å². The molecule has 0 aromatic carbocycles. The average molecular weight is 146 g/mol. The van der Waals surface area contributed by atoms with Gasteiger partial charge in [0.1, 0.15) is 0 Å². The lowest BCUT2D eigenvalue weighted by Crippen LogP contribution is -1.81. The number of hydrogen-bond acceptors (Lipinski definition) is 2. The second-order valence-corrected chi connectivity index (χ2v) is 1.02. The van der Waals surface area contributed by atoms with Crippen LogP contribution in [-0.2, 0) is 0 Å². The molecule has 2 N–H and O–H groups in total. The maximum atomic E-state index is 8.56. The van der Waals surface area contributed by atoms with Crippen LogP contribution >= 0.6 is 12.2 Å². The summed E-state index contributed by atoms with van der Waals surface area (Å²) >= 11 is 4.26. The zero-order valence-electron chi connectivity index (χ0n) is 4.79. The lowest BCUT2D eigenvalue weighted by atomic mass is 10.7. The first-order valence-electron chi connectivity index (χ1n) is 1.97. The molecular formula is C5H6O3S. The fourth-order valence-electron chi connectivity index (χ4n) is 0.0589. The predicted molar refractivity (Wildman–Crippen MR) is 37.0 cm³/mol. The summed E-state index contributed by atoms with van der Waals surface area (Å²) in [5.41, 5.74) is 2.55. The minimum Gasteiger partial charge on any atom is -0.450 e. The molecule has 0 amide bonds. The minimum atomic E-state index is -1.83. The molecule has 0 saturated carbocycles. The van der Waals surface area contributed by atoms with Crippen molar-refractivity contribution in [3.63, 3.8) is 0 Å². The molecule has 0 aromatic heterocycles. The second-order valence-electron chi connectivity index (χ2n) is 0.818. The van der Waals surface area contributed by atoms with Crippen LogP contribution in [0.25, 0.3) is 0 Å². The summed E-state index contributed by atoms with van der Waals surface area (Å²) in [6.07, 6.45) is -0.118. The highest BCUT2D eigenvalue weighted by Gasteiger charge is 1.70. The first-order chi connectivity index (χ1) is 4.15. The largest absolute Gasteiger partial charge is 0.503 e. The molecule has 0 fully saturated rings. The van der Waals surface area contributed by atoms with E-state index in [2.05, 4.69) is 23.0 Å². The van der Waals surface area contributed by atoms with Gasteiger partial charge in [-0.15, -0.1) is 0 Å². The van der Waals surface area contributed by atoms with Crippen LogP contribution in [0, 0.1) is 0 Å². The number of allylic oxidation sites excluding steroid dienone is 1. The average Bonchev–Trinajstić information content (AvgIpc) is 1.66. The number of carboxylic acid groups (broad SMARTS) is 2. The van der Waals surface area contributed by atoms with Crippen molar-refractivity contribution in [2.75, 3.05) is 0 Å². The Labute approximate surface area is 57.9 Å². The second kappa shape index (κ2) is 10.0. The van der Waals surface area contributed by atoms with Crippen molar-refractivity contribution in [1.82, 2.24) is 0 Å². The van der Waals surface area contributed by atoms with Crippen molar-refractivity contribution in [1.29, 1.82) is 0 Å². The van der Waals surface area contributed by atoms with Gasteiger partial charge >= 0.3 is 6.16 Å². The van der Waals surface area contributed by atoms with E-state index in [-0.39, 0.29) is 0 Å². The number of hydrogen-bond donors (Lipinski definition) is 2. The van der Waals surface area contributed by atoms with Crippen molar-refractivity contribution < 1.29 is 15.0 Å². The molecule has 4 heteroatoms. The first-order valence-corrected chi connectivity index (χ1v) is 2.38. The number of carbonyl (C=O) groups is 1. The van der Waals surface area contributed by atoms with E-state index < -0.39 is 6.16 Å². The van der Waals surface area contributed by atoms with Crippen LogP contribution in [0.15, 0.2) is 11.8 Å². The molecule has 0 spiro atoms. The summed E-state index contributed by atoms with van der Waals surface area (Å²) in [6, 6.07) is 0. The highest BCUT2D eigenvalue weighted by molar-refractivity contribution is 7.78. The third-order valence-electron chi connectivity index (χ3n) is 0.203. The molecule has 50 valence electrons. The first kappa shape index (κ1) is 10.8. The molecule has 0 heterocycles. The van der Waals surface area contributed by atoms with Crippen molar-refractivity contribution in [3.8, 4) is 0 Å². The zero-order chi connectivity index (χ0) is 7.70. The van der Waals surface area contributed by atoms with Crippen molar-refractivity contribution in [3.05, 3.63) is 11.8 Å². The van der Waals surface area contributed by atoms with E-state index in [9.17, 15) is 0 Å². The SMILES string of the molecule is CC=C=C=S.O=C(O)O. The van der Waals surface area contributed by atoms with Gasteiger partial charge in [0.25, 0.3) is 0 Å². The normalized spacial score (nSPS) is 5.00. The molecule has 0 radical (unpaired) electrons. The van der Waals surface area contributed by atoms with Crippen LogP contribution in [0.1, 0.15) is 6.92 Å². The molecule has 0 aliphatic carbocycles. The molecular weight excluding hydrogens is 140 g/mol. The summed E-state index contributed by atoms with van der Waals surface area (Å²) in [4.78, 5) is 8.56. The van der Waals surface area contributed by atoms with Gasteiger partial charge in [-0.2, -0.15) is 0 Å². The Morgan fingerprint density at radius 1 is 1.67 bits per heavy atom. The van der Waals surface area contributed by atoms with Crippen LogP contribution in [0.4, 0.5) is 4.79 Å². The van der Waals surface area contributed by atoms with Gasteiger partial charge in [0.2, 0.25) is 0 Å². The number of thiocarbonyl (C=S) groups is 1. The standard InChI is InChI=1S/C4H4S.CH2O3/c1-2-3-4-5;2-1(3)4/h2H,1H3;(H2,2,3,4). The maximum absolute atomic E-state index is 8.56. The van der Waals surface area contributed by atoms with E-state index in [1.54, 1.807) is 6.08 Å². The molecule has 0 bridgehead atoms. The van der Waals surface area contributed by atoms with Gasteiger partial charge in [0.05, 0.1) is 0 Å². The quantitative estimate of drug-likeness (QED) is 0.402. The van der Waals surface area contributed by atoms with Crippen LogP contribution < -0.4 is 0 Å². The Hall–Kier alpha value is -1.08. The lowest BCUT2D eigenvalue weighted by Gasteiger charge is -1.60. The topological polar surface area (TPSA) is 57.5 Å². The Balaban J connectivity index is 0. The van der Waals surface area contributed by atoms with Gasteiger partial charge in [-0.1, -0.05) is 5.73 Å². The monoisotopic (exact) mass is 146 g/mol. The van der Waals surface area contributed by atoms with Gasteiger partial charge in [0, 0.05) is 5.02 Å². The fraction of sp³-hybridized carbons (Fsp3) is 0.200. The summed E-state index contributed by atoms with van der Waals surface area (Å²) in [5.74, 6) is 0. The smallest absolute Gasteiger partial charge is 0.450 e. The summed E-state index contributed by atoms with van der Waals surface area (Å²) in [5, 5.41) is 16.2. The van der Waals surface area contributed by atoms with Crippen LogP contribution in [-0.4, -0.2) is 21.4 Å². The number of rotatable bonds is 0. The van der Waals surface area contributed by atoms with Gasteiger partial charge in [-0.3, -0.25) is 0 Å². The van der Waals surface area contributed by atoms with E-state index in [1.165, 1.54) is 0 Å². The Morgan fingerprint density at radius 3 is 2.00 bits per heavy atom. The minimum absolute atomic E-state index is 1.72. The predicted octanol–water partition coefficient (Wildman–Crippen LogP) is 1.54. The molecule has 0 aromatic rings. The zero-order valence-corrected chi connectivity index (χ0v) is 5.60. The van der Waals surface area contributed by atoms with E-state index >= 15 is 0 Å². The third-order valence-corrected chi connectivity index (χ3v) is 0.321. The maximum Gasteiger partial charge on any atom is 0.503 e. The van der Waals surface area contributed by atoms with Gasteiger partial charge in [0.15, 0.2) is 0 Å². The van der Waals surface area contributed by atoms with E-state index in [4.69, 9.17) is 15.0 Å².